The third-order valence-electron chi connectivity index (χ3n) is 5.50. The van der Waals surface area contributed by atoms with Crippen molar-refractivity contribution in [3.05, 3.63) is 86.6 Å². The molecule has 0 bridgehead atoms. The summed E-state index contributed by atoms with van der Waals surface area (Å²) in [7, 11) is 0. The first-order chi connectivity index (χ1) is 15.2. The molecule has 168 valence electrons. The number of nitro groups is 1. The molecule has 0 aromatic heterocycles. The molecule has 0 fully saturated rings. The first kappa shape index (κ1) is 23.2. The summed E-state index contributed by atoms with van der Waals surface area (Å²) in [4.78, 5) is 38.7. The van der Waals surface area contributed by atoms with E-state index in [0.29, 0.717) is 23.4 Å². The largest absolute Gasteiger partial charge is 0.462 e. The summed E-state index contributed by atoms with van der Waals surface area (Å²) in [6.45, 7) is 8.21. The summed E-state index contributed by atoms with van der Waals surface area (Å²) in [5.41, 5.74) is 3.41. The number of rotatable bonds is 7. The fraction of sp³-hybridized carbons (Fsp3) is 0.360. The monoisotopic (exact) mass is 436 g/mol. The van der Waals surface area contributed by atoms with E-state index in [1.165, 1.54) is 12.1 Å². The summed E-state index contributed by atoms with van der Waals surface area (Å²) in [6, 6.07) is 14.0. The minimum Gasteiger partial charge on any atom is -0.462 e. The lowest BCUT2D eigenvalue weighted by Crippen LogP contribution is -2.38. The lowest BCUT2D eigenvalue weighted by Gasteiger charge is -2.34. The number of hydrogen-bond acceptors (Lipinski definition) is 5. The van der Waals surface area contributed by atoms with Crippen LogP contribution in [0.1, 0.15) is 49.8 Å². The third-order valence-corrected chi connectivity index (χ3v) is 5.50. The van der Waals surface area contributed by atoms with Crippen LogP contribution >= 0.6 is 0 Å². The number of hydrogen-bond donors (Lipinski definition) is 0. The van der Waals surface area contributed by atoms with E-state index in [1.807, 2.05) is 45.0 Å². The highest BCUT2D eigenvalue weighted by Gasteiger charge is 2.37. The topological polar surface area (TPSA) is 89.7 Å². The van der Waals surface area contributed by atoms with Crippen molar-refractivity contribution in [1.29, 1.82) is 0 Å². The second kappa shape index (κ2) is 9.77. The number of nitrogens with zero attached hydrogens (tertiary/aromatic N) is 2. The molecule has 7 nitrogen and oxygen atoms in total. The number of non-ortho nitro benzene ring substituents is 1. The smallest absolute Gasteiger partial charge is 0.336 e. The van der Waals surface area contributed by atoms with Crippen LogP contribution < -0.4 is 0 Å². The van der Waals surface area contributed by atoms with Crippen molar-refractivity contribution in [3.63, 3.8) is 0 Å². The Bertz CT molecular complexity index is 1070. The fourth-order valence-electron chi connectivity index (χ4n) is 3.92. The van der Waals surface area contributed by atoms with Gasteiger partial charge in [-0.25, -0.2) is 4.79 Å². The van der Waals surface area contributed by atoms with Gasteiger partial charge in [-0.15, -0.1) is 0 Å². The summed E-state index contributed by atoms with van der Waals surface area (Å²) >= 11 is 0. The predicted molar refractivity (Wildman–Crippen MR) is 121 cm³/mol. The van der Waals surface area contributed by atoms with Gasteiger partial charge >= 0.3 is 5.97 Å². The molecule has 1 aliphatic rings. The Morgan fingerprint density at radius 1 is 1.19 bits per heavy atom. The SMILES string of the molecule is CC1=C(C(=O)OCC(C)C)C(c2cccc([N+](=O)[O-])c2)CC(=O)N1Cc1cccc(C)c1. The van der Waals surface area contributed by atoms with Crippen LogP contribution in [0.5, 0.6) is 0 Å². The first-order valence-electron chi connectivity index (χ1n) is 10.7. The number of benzene rings is 2. The van der Waals surface area contributed by atoms with Gasteiger partial charge in [0.1, 0.15) is 0 Å². The van der Waals surface area contributed by atoms with Gasteiger partial charge in [-0.3, -0.25) is 14.9 Å². The molecule has 2 aromatic carbocycles. The van der Waals surface area contributed by atoms with Gasteiger partial charge in [-0.1, -0.05) is 55.8 Å². The van der Waals surface area contributed by atoms with Crippen molar-refractivity contribution < 1.29 is 19.2 Å². The summed E-state index contributed by atoms with van der Waals surface area (Å²) in [5.74, 6) is -1.07. The normalized spacial score (nSPS) is 16.5. The molecule has 0 saturated carbocycles. The highest BCUT2D eigenvalue weighted by atomic mass is 16.6. The molecule has 3 rings (SSSR count). The van der Waals surface area contributed by atoms with Gasteiger partial charge in [-0.2, -0.15) is 0 Å². The predicted octanol–water partition coefficient (Wildman–Crippen LogP) is 4.89. The second-order valence-electron chi connectivity index (χ2n) is 8.57. The van der Waals surface area contributed by atoms with Crippen LogP contribution in [0.4, 0.5) is 5.69 Å². The second-order valence-corrected chi connectivity index (χ2v) is 8.57. The van der Waals surface area contributed by atoms with Crippen molar-refractivity contribution in [3.8, 4) is 0 Å². The number of amides is 1. The molecule has 32 heavy (non-hydrogen) atoms. The number of carbonyl (C=O) groups excluding carboxylic acids is 2. The molecule has 1 aliphatic heterocycles. The van der Waals surface area contributed by atoms with E-state index in [4.69, 9.17) is 4.74 Å². The lowest BCUT2D eigenvalue weighted by atomic mass is 9.83. The van der Waals surface area contributed by atoms with Gasteiger partial charge < -0.3 is 9.64 Å². The standard InChI is InChI=1S/C25H28N2O5/c1-16(2)15-32-25(29)24-18(4)26(14-19-8-5-7-17(3)11-19)23(28)13-22(24)20-9-6-10-21(12-20)27(30)31/h5-12,16,22H,13-15H2,1-4H3. The van der Waals surface area contributed by atoms with Crippen molar-refractivity contribution in [2.45, 2.75) is 46.6 Å². The number of nitro benzene ring substituents is 1. The Kier molecular flexibility index (Phi) is 7.08. The Hall–Kier alpha value is -3.48. The molecule has 0 N–H and O–H groups in total. The Balaban J connectivity index is 2.04. The molecule has 0 saturated heterocycles. The van der Waals surface area contributed by atoms with Gasteiger partial charge in [0.2, 0.25) is 5.91 Å². The Morgan fingerprint density at radius 2 is 1.91 bits per heavy atom. The van der Waals surface area contributed by atoms with Gasteiger partial charge in [0.05, 0.1) is 23.6 Å². The van der Waals surface area contributed by atoms with Gasteiger partial charge in [0, 0.05) is 30.2 Å². The number of aryl methyl sites for hydroxylation is 1. The van der Waals surface area contributed by atoms with Crippen molar-refractivity contribution in [1.82, 2.24) is 4.90 Å². The van der Waals surface area contributed by atoms with Crippen LogP contribution in [-0.2, 0) is 20.9 Å². The van der Waals surface area contributed by atoms with Gasteiger partial charge in [0.25, 0.3) is 5.69 Å². The van der Waals surface area contributed by atoms with Gasteiger partial charge in [-0.05, 0) is 30.9 Å². The molecule has 0 radical (unpaired) electrons. The van der Waals surface area contributed by atoms with Crippen LogP contribution in [0, 0.1) is 23.0 Å². The van der Waals surface area contributed by atoms with Crippen LogP contribution in [0.2, 0.25) is 0 Å². The number of carbonyl (C=O) groups is 2. The van der Waals surface area contributed by atoms with E-state index in [0.717, 1.165) is 11.1 Å². The fourth-order valence-corrected chi connectivity index (χ4v) is 3.92. The Labute approximate surface area is 187 Å². The van der Waals surface area contributed by atoms with E-state index < -0.39 is 16.8 Å². The number of esters is 1. The quantitative estimate of drug-likeness (QED) is 0.350. The van der Waals surface area contributed by atoms with E-state index >= 15 is 0 Å². The zero-order chi connectivity index (χ0) is 23.4. The van der Waals surface area contributed by atoms with Gasteiger partial charge in [0.15, 0.2) is 0 Å². The molecule has 1 unspecified atom stereocenters. The van der Waals surface area contributed by atoms with E-state index in [-0.39, 0.29) is 30.5 Å². The van der Waals surface area contributed by atoms with Crippen molar-refractivity contribution in [2.24, 2.45) is 5.92 Å². The minimum absolute atomic E-state index is 0.0381. The average Bonchev–Trinajstić information content (AvgIpc) is 2.74. The maximum absolute atomic E-state index is 13.1. The lowest BCUT2D eigenvalue weighted by molar-refractivity contribution is -0.384. The molecule has 7 heteroatoms. The molecule has 1 heterocycles. The molecular weight excluding hydrogens is 408 g/mol. The van der Waals surface area contributed by atoms with Crippen LogP contribution in [0.15, 0.2) is 59.8 Å². The summed E-state index contributed by atoms with van der Waals surface area (Å²) in [5, 5.41) is 11.3. The molecule has 0 spiro atoms. The zero-order valence-corrected chi connectivity index (χ0v) is 18.8. The van der Waals surface area contributed by atoms with Crippen molar-refractivity contribution in [2.75, 3.05) is 6.61 Å². The molecule has 2 aromatic rings. The Morgan fingerprint density at radius 3 is 2.56 bits per heavy atom. The van der Waals surface area contributed by atoms with Crippen LogP contribution in [-0.4, -0.2) is 28.3 Å². The summed E-state index contributed by atoms with van der Waals surface area (Å²) in [6.07, 6.45) is 0.0381. The average molecular weight is 437 g/mol. The zero-order valence-electron chi connectivity index (χ0n) is 18.8. The van der Waals surface area contributed by atoms with E-state index in [1.54, 1.807) is 24.0 Å². The third kappa shape index (κ3) is 5.22. The highest BCUT2D eigenvalue weighted by Crippen LogP contribution is 2.38. The number of ether oxygens (including phenoxy) is 1. The minimum atomic E-state index is -0.601. The maximum atomic E-state index is 13.1. The first-order valence-corrected chi connectivity index (χ1v) is 10.7. The van der Waals surface area contributed by atoms with Crippen LogP contribution in [0.25, 0.3) is 0 Å². The van der Waals surface area contributed by atoms with Crippen molar-refractivity contribution >= 4 is 17.6 Å². The molecule has 0 aliphatic carbocycles. The molecule has 1 atom stereocenters. The molecular formula is C25H28N2O5. The summed E-state index contributed by atoms with van der Waals surface area (Å²) < 4.78 is 5.53. The van der Waals surface area contributed by atoms with E-state index in [9.17, 15) is 19.7 Å². The maximum Gasteiger partial charge on any atom is 0.336 e. The van der Waals surface area contributed by atoms with E-state index in [2.05, 4.69) is 0 Å². The van der Waals surface area contributed by atoms with Crippen LogP contribution in [0.3, 0.4) is 0 Å². The highest BCUT2D eigenvalue weighted by molar-refractivity contribution is 5.96. The molecule has 1 amide bonds. The number of allylic oxidation sites excluding steroid dienone is 1.